The zero-order valence-electron chi connectivity index (χ0n) is 13.8. The van der Waals surface area contributed by atoms with Crippen molar-refractivity contribution >= 4 is 13.7 Å². The van der Waals surface area contributed by atoms with Crippen LogP contribution in [0.15, 0.2) is 60.7 Å². The number of benzene rings is 2. The molecule has 0 aliphatic rings. The van der Waals surface area contributed by atoms with E-state index in [9.17, 15) is 9.36 Å². The maximum Gasteiger partial charge on any atom is 0.434 e. The third-order valence-corrected chi connectivity index (χ3v) is 5.06. The molecule has 0 bridgehead atoms. The van der Waals surface area contributed by atoms with Gasteiger partial charge in [0.15, 0.2) is 0 Å². The summed E-state index contributed by atoms with van der Waals surface area (Å²) in [5, 5.41) is 2.46. The number of hydrogen-bond acceptors (Lipinski definition) is 4. The smallest absolute Gasteiger partial charge is 0.293 e. The first-order valence-corrected chi connectivity index (χ1v) is 9.45. The maximum atomic E-state index is 12.9. The average molecular weight is 347 g/mol. The number of amides is 1. The first kappa shape index (κ1) is 18.4. The molecule has 5 nitrogen and oxygen atoms in total. The molecule has 2 aromatic carbocycles. The van der Waals surface area contributed by atoms with Crippen LogP contribution in [0.1, 0.15) is 30.9 Å². The highest BCUT2D eigenvalue weighted by Crippen LogP contribution is 2.44. The Morgan fingerprint density at radius 3 is 1.71 bits per heavy atom. The molecule has 0 heterocycles. The lowest BCUT2D eigenvalue weighted by Gasteiger charge is -2.22. The van der Waals surface area contributed by atoms with Gasteiger partial charge in [0, 0.05) is 0 Å². The molecule has 24 heavy (non-hydrogen) atoms. The normalized spacial score (nSPS) is 11.5. The van der Waals surface area contributed by atoms with E-state index in [2.05, 4.69) is 5.09 Å². The topological polar surface area (TPSA) is 64.6 Å². The van der Waals surface area contributed by atoms with E-state index in [-0.39, 0.29) is 13.2 Å². The van der Waals surface area contributed by atoms with Gasteiger partial charge in [-0.15, -0.1) is 0 Å². The van der Waals surface area contributed by atoms with E-state index in [1.54, 1.807) is 13.8 Å². The van der Waals surface area contributed by atoms with E-state index in [0.717, 1.165) is 11.1 Å². The van der Waals surface area contributed by atoms with Gasteiger partial charge >= 0.3 is 7.75 Å². The SMILES string of the molecule is CCOP(=O)(NC(=O)C(c1ccccc1)c1ccccc1)OCC. The minimum atomic E-state index is -3.67. The highest BCUT2D eigenvalue weighted by atomic mass is 31.2. The summed E-state index contributed by atoms with van der Waals surface area (Å²) >= 11 is 0. The van der Waals surface area contributed by atoms with Crippen molar-refractivity contribution in [1.82, 2.24) is 5.09 Å². The lowest BCUT2D eigenvalue weighted by molar-refractivity contribution is -0.120. The molecular formula is C18H22NO4P. The van der Waals surface area contributed by atoms with Crippen molar-refractivity contribution in [2.75, 3.05) is 13.2 Å². The molecule has 0 radical (unpaired) electrons. The molecule has 0 saturated heterocycles. The van der Waals surface area contributed by atoms with E-state index in [1.807, 2.05) is 60.7 Å². The summed E-state index contributed by atoms with van der Waals surface area (Å²) in [6.07, 6.45) is 0. The largest absolute Gasteiger partial charge is 0.434 e. The molecule has 2 aromatic rings. The second-order valence-corrected chi connectivity index (χ2v) is 6.80. The molecule has 0 aliphatic heterocycles. The van der Waals surface area contributed by atoms with E-state index >= 15 is 0 Å². The summed E-state index contributed by atoms with van der Waals surface area (Å²) in [4.78, 5) is 12.9. The molecule has 6 heteroatoms. The first-order chi connectivity index (χ1) is 11.6. The minimum Gasteiger partial charge on any atom is -0.293 e. The van der Waals surface area contributed by atoms with Crippen molar-refractivity contribution in [2.24, 2.45) is 0 Å². The standard InChI is InChI=1S/C18H22NO4P/c1-3-22-24(21,23-4-2)19-18(20)17(15-11-7-5-8-12-15)16-13-9-6-10-14-16/h5-14,17H,3-4H2,1-2H3,(H,19,20,21). The summed E-state index contributed by atoms with van der Waals surface area (Å²) in [5.74, 6) is -1.01. The summed E-state index contributed by atoms with van der Waals surface area (Å²) in [5.41, 5.74) is 1.61. The van der Waals surface area contributed by atoms with Gasteiger partial charge in [-0.3, -0.25) is 18.9 Å². The monoisotopic (exact) mass is 347 g/mol. The predicted octanol–water partition coefficient (Wildman–Crippen LogP) is 4.12. The Kier molecular flexibility index (Phi) is 6.73. The number of nitrogens with one attached hydrogen (secondary N) is 1. The van der Waals surface area contributed by atoms with Crippen LogP contribution in [0.25, 0.3) is 0 Å². The van der Waals surface area contributed by atoms with Crippen molar-refractivity contribution in [3.8, 4) is 0 Å². The van der Waals surface area contributed by atoms with E-state index in [4.69, 9.17) is 9.05 Å². The third kappa shape index (κ3) is 4.78. The Bertz CT molecular complexity index is 641. The molecule has 0 unspecified atom stereocenters. The van der Waals surface area contributed by atoms with Gasteiger partial charge in [-0.05, 0) is 25.0 Å². The van der Waals surface area contributed by atoms with Crippen molar-refractivity contribution in [2.45, 2.75) is 19.8 Å². The van der Waals surface area contributed by atoms with Crippen molar-refractivity contribution < 1.29 is 18.4 Å². The average Bonchev–Trinajstić information content (AvgIpc) is 2.57. The van der Waals surface area contributed by atoms with Gasteiger partial charge in [0.1, 0.15) is 0 Å². The summed E-state index contributed by atoms with van der Waals surface area (Å²) in [6.45, 7) is 3.76. The molecular weight excluding hydrogens is 325 g/mol. The number of carbonyl (C=O) groups excluding carboxylic acids is 1. The van der Waals surface area contributed by atoms with Crippen LogP contribution in [0, 0.1) is 0 Å². The third-order valence-electron chi connectivity index (χ3n) is 3.37. The van der Waals surface area contributed by atoms with Gasteiger partial charge in [0.2, 0.25) is 5.91 Å². The fourth-order valence-corrected chi connectivity index (χ4v) is 3.71. The Hall–Kier alpha value is -1.94. The van der Waals surface area contributed by atoms with Crippen LogP contribution in [0.5, 0.6) is 0 Å². The molecule has 1 amide bonds. The molecule has 0 fully saturated rings. The van der Waals surface area contributed by atoms with Crippen LogP contribution in [-0.2, 0) is 18.4 Å². The molecule has 0 atom stereocenters. The second kappa shape index (κ2) is 8.78. The zero-order valence-corrected chi connectivity index (χ0v) is 14.7. The van der Waals surface area contributed by atoms with Crippen molar-refractivity contribution in [3.63, 3.8) is 0 Å². The first-order valence-electron chi connectivity index (χ1n) is 7.90. The molecule has 0 saturated carbocycles. The van der Waals surface area contributed by atoms with E-state index < -0.39 is 19.6 Å². The Morgan fingerprint density at radius 1 is 0.917 bits per heavy atom. The van der Waals surface area contributed by atoms with Crippen molar-refractivity contribution in [3.05, 3.63) is 71.8 Å². The van der Waals surface area contributed by atoms with Gasteiger partial charge < -0.3 is 0 Å². The van der Waals surface area contributed by atoms with Crippen molar-refractivity contribution in [1.29, 1.82) is 0 Å². The summed E-state index contributed by atoms with van der Waals surface area (Å²) in [7, 11) is -3.67. The number of carbonyl (C=O) groups is 1. The van der Waals surface area contributed by atoms with Gasteiger partial charge in [-0.2, -0.15) is 0 Å². The highest BCUT2D eigenvalue weighted by molar-refractivity contribution is 7.52. The van der Waals surface area contributed by atoms with Gasteiger partial charge in [-0.25, -0.2) is 4.57 Å². The zero-order chi connectivity index (χ0) is 17.4. The van der Waals surface area contributed by atoms with Crippen LogP contribution in [0.2, 0.25) is 0 Å². The molecule has 128 valence electrons. The fraction of sp³-hybridized carbons (Fsp3) is 0.278. The van der Waals surface area contributed by atoms with Crippen LogP contribution >= 0.6 is 7.75 Å². The second-order valence-electron chi connectivity index (χ2n) is 5.06. The quantitative estimate of drug-likeness (QED) is 0.730. The minimum absolute atomic E-state index is 0.179. The Labute approximate surface area is 142 Å². The molecule has 1 N–H and O–H groups in total. The van der Waals surface area contributed by atoms with Crippen LogP contribution in [0.3, 0.4) is 0 Å². The fourth-order valence-electron chi connectivity index (χ4n) is 2.43. The summed E-state index contributed by atoms with van der Waals surface area (Å²) in [6, 6.07) is 18.7. The maximum absolute atomic E-state index is 12.9. The van der Waals surface area contributed by atoms with E-state index in [1.165, 1.54) is 0 Å². The highest BCUT2D eigenvalue weighted by Gasteiger charge is 2.32. The number of hydrogen-bond donors (Lipinski definition) is 1. The lowest BCUT2D eigenvalue weighted by atomic mass is 9.91. The molecule has 0 aliphatic carbocycles. The summed E-state index contributed by atoms with van der Waals surface area (Å²) < 4.78 is 22.9. The van der Waals surface area contributed by atoms with Crippen LogP contribution < -0.4 is 5.09 Å². The number of rotatable bonds is 8. The predicted molar refractivity (Wildman–Crippen MR) is 93.7 cm³/mol. The Morgan fingerprint density at radius 2 is 1.33 bits per heavy atom. The van der Waals surface area contributed by atoms with Gasteiger partial charge in [-0.1, -0.05) is 60.7 Å². The van der Waals surface area contributed by atoms with E-state index in [0.29, 0.717) is 0 Å². The molecule has 0 aromatic heterocycles. The van der Waals surface area contributed by atoms with Crippen LogP contribution in [0.4, 0.5) is 0 Å². The van der Waals surface area contributed by atoms with Crippen LogP contribution in [-0.4, -0.2) is 19.1 Å². The lowest BCUT2D eigenvalue weighted by Crippen LogP contribution is -2.29. The van der Waals surface area contributed by atoms with Gasteiger partial charge in [0.05, 0.1) is 19.1 Å². The Balaban J connectivity index is 2.34. The molecule has 2 rings (SSSR count). The van der Waals surface area contributed by atoms with Gasteiger partial charge in [0.25, 0.3) is 0 Å². The molecule has 0 spiro atoms.